The van der Waals surface area contributed by atoms with Crippen LogP contribution in [-0.2, 0) is 14.8 Å². The van der Waals surface area contributed by atoms with Gasteiger partial charge in [0.25, 0.3) is 0 Å². The maximum atomic E-state index is 14.0. The summed E-state index contributed by atoms with van der Waals surface area (Å²) in [6, 6.07) is 20.6. The van der Waals surface area contributed by atoms with Crippen molar-refractivity contribution in [2.24, 2.45) is 5.92 Å². The molecule has 2 aliphatic rings. The number of benzene rings is 2. The number of aromatic nitrogens is 1. The predicted octanol–water partition coefficient (Wildman–Crippen LogP) is 5.30. The van der Waals surface area contributed by atoms with Gasteiger partial charge in [-0.25, -0.2) is 18.1 Å². The Morgan fingerprint density at radius 1 is 1.04 bits per heavy atom. The smallest absolute Gasteiger partial charge is 0.247 e. The van der Waals surface area contributed by atoms with Crippen molar-refractivity contribution in [3.63, 3.8) is 0 Å². The van der Waals surface area contributed by atoms with E-state index < -0.39 is 22.0 Å². The zero-order valence-corrected chi connectivity index (χ0v) is 27.3. The molecule has 3 aromatic rings. The van der Waals surface area contributed by atoms with Gasteiger partial charge in [0, 0.05) is 37.4 Å². The lowest BCUT2D eigenvalue weighted by atomic mass is 9.79. The van der Waals surface area contributed by atoms with Gasteiger partial charge < -0.3 is 20.4 Å². The molecule has 1 aliphatic carbocycles. The maximum absolute atomic E-state index is 14.0. The van der Waals surface area contributed by atoms with Gasteiger partial charge in [-0.3, -0.25) is 4.79 Å². The van der Waals surface area contributed by atoms with E-state index in [-0.39, 0.29) is 16.9 Å². The lowest BCUT2D eigenvalue weighted by Crippen LogP contribution is -2.42. The first-order valence-electron chi connectivity index (χ1n) is 15.9. The number of piperidine rings is 1. The average Bonchev–Trinajstić information content (AvgIpc) is 3.08. The van der Waals surface area contributed by atoms with Gasteiger partial charge >= 0.3 is 0 Å². The van der Waals surface area contributed by atoms with E-state index in [1.54, 1.807) is 30.5 Å². The molecule has 1 amide bonds. The maximum Gasteiger partial charge on any atom is 0.247 e. The first-order valence-corrected chi connectivity index (χ1v) is 17.3. The number of sulfonamides is 1. The molecule has 242 valence electrons. The van der Waals surface area contributed by atoms with Gasteiger partial charge in [-0.2, -0.15) is 5.26 Å². The highest BCUT2D eigenvalue weighted by atomic mass is 32.2. The van der Waals surface area contributed by atoms with Crippen molar-refractivity contribution >= 4 is 33.1 Å². The molecule has 46 heavy (non-hydrogen) atoms. The van der Waals surface area contributed by atoms with Gasteiger partial charge in [-0.05, 0) is 101 Å². The van der Waals surface area contributed by atoms with Crippen molar-refractivity contribution < 1.29 is 13.2 Å². The van der Waals surface area contributed by atoms with Crippen LogP contribution in [0.15, 0.2) is 84.4 Å². The second-order valence-corrected chi connectivity index (χ2v) is 14.1. The lowest BCUT2D eigenvalue weighted by molar-refractivity contribution is -0.111. The number of nitrogens with one attached hydrogen (secondary N) is 3. The quantitative estimate of drug-likeness (QED) is 0.241. The molecule has 11 heteroatoms. The molecule has 1 saturated carbocycles. The van der Waals surface area contributed by atoms with Crippen molar-refractivity contribution in [2.75, 3.05) is 42.7 Å². The molecule has 2 heterocycles. The molecule has 2 aromatic carbocycles. The first-order chi connectivity index (χ1) is 22.2. The Bertz CT molecular complexity index is 1640. The summed E-state index contributed by atoms with van der Waals surface area (Å²) >= 11 is 0. The summed E-state index contributed by atoms with van der Waals surface area (Å²) in [5.41, 5.74) is 2.68. The first kappa shape index (κ1) is 33.1. The normalized spacial score (nSPS) is 19.7. The van der Waals surface area contributed by atoms with Gasteiger partial charge in [0.2, 0.25) is 15.9 Å². The van der Waals surface area contributed by atoms with Crippen molar-refractivity contribution in [3.05, 3.63) is 90.6 Å². The predicted molar refractivity (Wildman–Crippen MR) is 182 cm³/mol. The van der Waals surface area contributed by atoms with Gasteiger partial charge in [0.1, 0.15) is 11.9 Å². The van der Waals surface area contributed by atoms with E-state index in [1.165, 1.54) is 6.08 Å². The van der Waals surface area contributed by atoms with Crippen LogP contribution < -0.4 is 20.3 Å². The average molecular weight is 642 g/mol. The summed E-state index contributed by atoms with van der Waals surface area (Å²) in [4.78, 5) is 21.3. The molecular weight excluding hydrogens is 598 g/mol. The van der Waals surface area contributed by atoms with Gasteiger partial charge in [-0.1, -0.05) is 36.9 Å². The molecule has 1 unspecified atom stereocenters. The number of hydrogen-bond acceptors (Lipinski definition) is 8. The standard InChI is InChI=1S/C35H43N7O3S/c1-4-34(43)39-31-22-30(15-16-32(31)42-20-18-29(19-21-42)41(2)3)46(44,45)40-35(26-8-6-5-7-9-26)27-11-13-28(14-12-27)38-33-17-10-25(23-36)24-37-33/h4-10,15-17,22,24,27-29,35,40H,1,11-14,18-21H2,2-3H3,(H,37,38)(H,39,43). The second kappa shape index (κ2) is 14.9. The Morgan fingerprint density at radius 3 is 2.37 bits per heavy atom. The van der Waals surface area contributed by atoms with Gasteiger partial charge in [0.05, 0.1) is 21.8 Å². The monoisotopic (exact) mass is 641 g/mol. The van der Waals surface area contributed by atoms with E-state index >= 15 is 0 Å². The van der Waals surface area contributed by atoms with Crippen molar-refractivity contribution in [2.45, 2.75) is 61.5 Å². The SMILES string of the molecule is C=CC(=O)Nc1cc(S(=O)(=O)NC(c2ccccc2)C2CCC(Nc3ccc(C#N)cn3)CC2)ccc1N1CCC(N(C)C)CC1. The molecular formula is C35H43N7O3S. The van der Waals surface area contributed by atoms with Crippen molar-refractivity contribution in [1.29, 1.82) is 5.26 Å². The molecule has 0 bridgehead atoms. The van der Waals surface area contributed by atoms with E-state index in [0.717, 1.165) is 68.7 Å². The van der Waals surface area contributed by atoms with Crippen LogP contribution in [0.4, 0.5) is 17.2 Å². The summed E-state index contributed by atoms with van der Waals surface area (Å²) in [5.74, 6) is 0.421. The van der Waals surface area contributed by atoms with Crippen LogP contribution in [-0.4, -0.2) is 63.5 Å². The minimum Gasteiger partial charge on any atom is -0.370 e. The number of anilines is 3. The minimum absolute atomic E-state index is 0.0846. The minimum atomic E-state index is -3.96. The molecule has 1 aromatic heterocycles. The molecule has 0 spiro atoms. The Morgan fingerprint density at radius 2 is 1.76 bits per heavy atom. The fraction of sp³-hybridized carbons (Fsp3) is 0.400. The molecule has 1 aliphatic heterocycles. The third-order valence-electron chi connectivity index (χ3n) is 9.19. The summed E-state index contributed by atoms with van der Waals surface area (Å²) < 4.78 is 31.1. The molecule has 1 atom stereocenters. The Balaban J connectivity index is 1.34. The summed E-state index contributed by atoms with van der Waals surface area (Å²) in [5, 5.41) is 15.4. The fourth-order valence-electron chi connectivity index (χ4n) is 6.55. The van der Waals surface area contributed by atoms with E-state index in [2.05, 4.69) is 56.9 Å². The van der Waals surface area contributed by atoms with Crippen LogP contribution >= 0.6 is 0 Å². The number of amides is 1. The van der Waals surface area contributed by atoms with Crippen LogP contribution in [0.25, 0.3) is 0 Å². The van der Waals surface area contributed by atoms with Crippen molar-refractivity contribution in [1.82, 2.24) is 14.6 Å². The Hall–Kier alpha value is -4.24. The molecule has 0 radical (unpaired) electrons. The number of carbonyl (C=O) groups is 1. The molecule has 10 nitrogen and oxygen atoms in total. The number of nitriles is 1. The third kappa shape index (κ3) is 8.12. The molecule has 2 fully saturated rings. The van der Waals surface area contributed by atoms with Crippen LogP contribution in [0.5, 0.6) is 0 Å². The topological polar surface area (TPSA) is 130 Å². The van der Waals surface area contributed by atoms with E-state index in [1.807, 2.05) is 36.4 Å². The highest BCUT2D eigenvalue weighted by Crippen LogP contribution is 2.37. The number of pyridine rings is 1. The molecule has 5 rings (SSSR count). The van der Waals surface area contributed by atoms with E-state index in [0.29, 0.717) is 17.3 Å². The van der Waals surface area contributed by atoms with Crippen molar-refractivity contribution in [3.8, 4) is 6.07 Å². The number of hydrogen-bond donors (Lipinski definition) is 3. The van der Waals surface area contributed by atoms with Crippen LogP contribution in [0.2, 0.25) is 0 Å². The lowest BCUT2D eigenvalue weighted by Gasteiger charge is -2.37. The summed E-state index contributed by atoms with van der Waals surface area (Å²) in [6.07, 6.45) is 8.05. The second-order valence-electron chi connectivity index (χ2n) is 12.4. The van der Waals surface area contributed by atoms with Crippen LogP contribution in [0.3, 0.4) is 0 Å². The number of rotatable bonds is 11. The van der Waals surface area contributed by atoms with Crippen LogP contribution in [0.1, 0.15) is 55.7 Å². The summed E-state index contributed by atoms with van der Waals surface area (Å²) in [7, 11) is 0.210. The van der Waals surface area contributed by atoms with Gasteiger partial charge in [0.15, 0.2) is 0 Å². The van der Waals surface area contributed by atoms with Gasteiger partial charge in [-0.15, -0.1) is 0 Å². The zero-order valence-electron chi connectivity index (χ0n) is 26.5. The fourth-order valence-corrected chi connectivity index (χ4v) is 7.87. The molecule has 3 N–H and O–H groups in total. The largest absolute Gasteiger partial charge is 0.370 e. The van der Waals surface area contributed by atoms with E-state index in [9.17, 15) is 13.2 Å². The van der Waals surface area contributed by atoms with E-state index in [4.69, 9.17) is 5.26 Å². The zero-order chi connectivity index (χ0) is 32.7. The third-order valence-corrected chi connectivity index (χ3v) is 10.6. The highest BCUT2D eigenvalue weighted by molar-refractivity contribution is 7.89. The Kier molecular flexibility index (Phi) is 10.7. The molecule has 1 saturated heterocycles. The Labute approximate surface area is 272 Å². The summed E-state index contributed by atoms with van der Waals surface area (Å²) in [6.45, 7) is 5.19. The number of nitrogens with zero attached hydrogens (tertiary/aromatic N) is 4. The number of carbonyl (C=O) groups excluding carboxylic acids is 1. The highest BCUT2D eigenvalue weighted by Gasteiger charge is 2.33. The van der Waals surface area contributed by atoms with Crippen LogP contribution in [0, 0.1) is 17.2 Å².